The summed E-state index contributed by atoms with van der Waals surface area (Å²) in [5.74, 6) is 0.640. The number of hydrogen-bond acceptors (Lipinski definition) is 5. The molecule has 0 radical (unpaired) electrons. The summed E-state index contributed by atoms with van der Waals surface area (Å²) in [6, 6.07) is 16.3. The summed E-state index contributed by atoms with van der Waals surface area (Å²) >= 11 is 6.08. The maximum Gasteiger partial charge on any atom is 0.276 e. The van der Waals surface area contributed by atoms with Gasteiger partial charge < -0.3 is 15.4 Å². The fourth-order valence-corrected chi connectivity index (χ4v) is 2.46. The quantitative estimate of drug-likeness (QED) is 0.696. The highest BCUT2D eigenvalue weighted by Gasteiger charge is 2.13. The first kappa shape index (κ1) is 17.7. The Morgan fingerprint density at radius 3 is 2.50 bits per heavy atom. The largest absolute Gasteiger partial charge is 0.495 e. The molecule has 3 rings (SSSR count). The zero-order chi connectivity index (χ0) is 18.5. The van der Waals surface area contributed by atoms with Crippen LogP contribution in [0.25, 0.3) is 0 Å². The summed E-state index contributed by atoms with van der Waals surface area (Å²) in [4.78, 5) is 12.4. The number of carbonyl (C=O) groups is 1. The number of benzene rings is 2. The predicted octanol–water partition coefficient (Wildman–Crippen LogP) is 4.44. The number of ether oxygens (including phenoxy) is 1. The highest BCUT2D eigenvalue weighted by Crippen LogP contribution is 2.31. The topological polar surface area (TPSA) is 76.1 Å². The molecule has 3 aromatic rings. The van der Waals surface area contributed by atoms with Gasteiger partial charge in [-0.15, -0.1) is 10.2 Å². The molecule has 0 spiro atoms. The van der Waals surface area contributed by atoms with E-state index >= 15 is 0 Å². The van der Waals surface area contributed by atoms with Crippen LogP contribution < -0.4 is 15.4 Å². The van der Waals surface area contributed by atoms with Crippen LogP contribution >= 0.6 is 11.6 Å². The maximum atomic E-state index is 12.4. The van der Waals surface area contributed by atoms with E-state index in [4.69, 9.17) is 16.3 Å². The highest BCUT2D eigenvalue weighted by atomic mass is 35.5. The van der Waals surface area contributed by atoms with Gasteiger partial charge in [-0.2, -0.15) is 0 Å². The number of hydrogen-bond donors (Lipinski definition) is 2. The molecule has 2 N–H and O–H groups in total. The van der Waals surface area contributed by atoms with Crippen molar-refractivity contribution >= 4 is 34.7 Å². The van der Waals surface area contributed by atoms with E-state index in [1.54, 1.807) is 24.3 Å². The molecule has 0 saturated carbocycles. The molecule has 1 amide bonds. The number of anilines is 3. The minimum atomic E-state index is -0.385. The summed E-state index contributed by atoms with van der Waals surface area (Å²) < 4.78 is 5.26. The van der Waals surface area contributed by atoms with Crippen molar-refractivity contribution in [3.05, 3.63) is 70.9 Å². The van der Waals surface area contributed by atoms with Gasteiger partial charge in [-0.25, -0.2) is 0 Å². The fourth-order valence-electron chi connectivity index (χ4n) is 2.31. The molecule has 0 saturated heterocycles. The maximum absolute atomic E-state index is 12.4. The Morgan fingerprint density at radius 1 is 1.08 bits per heavy atom. The van der Waals surface area contributed by atoms with Gasteiger partial charge in [-0.05, 0) is 42.8 Å². The van der Waals surface area contributed by atoms with Gasteiger partial charge >= 0.3 is 0 Å². The molecule has 0 aliphatic rings. The lowest BCUT2D eigenvalue weighted by Crippen LogP contribution is -2.15. The van der Waals surface area contributed by atoms with Crippen molar-refractivity contribution in [2.24, 2.45) is 0 Å². The Kier molecular flexibility index (Phi) is 5.34. The molecule has 26 heavy (non-hydrogen) atoms. The van der Waals surface area contributed by atoms with Crippen molar-refractivity contribution in [1.82, 2.24) is 10.2 Å². The van der Waals surface area contributed by atoms with E-state index in [2.05, 4.69) is 20.8 Å². The monoisotopic (exact) mass is 368 g/mol. The molecular formula is C19H17ClN4O2. The summed E-state index contributed by atoms with van der Waals surface area (Å²) in [6.07, 6.45) is 0. The number of methoxy groups -OCH3 is 1. The molecule has 6 nitrogen and oxygen atoms in total. The van der Waals surface area contributed by atoms with Crippen molar-refractivity contribution in [3.8, 4) is 5.75 Å². The van der Waals surface area contributed by atoms with Crippen LogP contribution in [0.3, 0.4) is 0 Å². The summed E-state index contributed by atoms with van der Waals surface area (Å²) in [5, 5.41) is 14.5. The molecule has 1 heterocycles. The van der Waals surface area contributed by atoms with E-state index in [1.165, 1.54) is 7.11 Å². The zero-order valence-electron chi connectivity index (χ0n) is 14.3. The van der Waals surface area contributed by atoms with Gasteiger partial charge in [0.15, 0.2) is 11.5 Å². The Labute approximate surface area is 156 Å². The molecule has 132 valence electrons. The van der Waals surface area contributed by atoms with Gasteiger partial charge in [0.25, 0.3) is 5.91 Å². The van der Waals surface area contributed by atoms with Crippen molar-refractivity contribution in [3.63, 3.8) is 0 Å². The van der Waals surface area contributed by atoms with Gasteiger partial charge in [-0.3, -0.25) is 4.79 Å². The SMILES string of the molecule is COc1cc(Cl)c(C)cc1NC(=O)c1ccc(Nc2ccccc2)nn1. The second-order valence-corrected chi connectivity index (χ2v) is 5.96. The average Bonchev–Trinajstić information content (AvgIpc) is 2.66. The van der Waals surface area contributed by atoms with E-state index < -0.39 is 0 Å². The minimum absolute atomic E-state index is 0.193. The Morgan fingerprint density at radius 2 is 1.85 bits per heavy atom. The lowest BCUT2D eigenvalue weighted by Gasteiger charge is -2.12. The van der Waals surface area contributed by atoms with Crippen LogP contribution in [-0.4, -0.2) is 23.2 Å². The third-order valence-corrected chi connectivity index (χ3v) is 4.08. The fraction of sp³-hybridized carbons (Fsp3) is 0.105. The van der Waals surface area contributed by atoms with E-state index in [-0.39, 0.29) is 11.6 Å². The van der Waals surface area contributed by atoms with Crippen LogP contribution in [0.2, 0.25) is 5.02 Å². The first-order valence-corrected chi connectivity index (χ1v) is 8.26. The van der Waals surface area contributed by atoms with Gasteiger partial charge in [0.2, 0.25) is 0 Å². The second kappa shape index (κ2) is 7.84. The number of halogens is 1. The normalized spacial score (nSPS) is 10.3. The van der Waals surface area contributed by atoms with Gasteiger partial charge in [0.05, 0.1) is 12.8 Å². The molecule has 0 unspecified atom stereocenters. The first-order valence-electron chi connectivity index (χ1n) is 7.88. The average molecular weight is 369 g/mol. The van der Waals surface area contributed by atoms with E-state index in [9.17, 15) is 4.79 Å². The lowest BCUT2D eigenvalue weighted by atomic mass is 10.2. The van der Waals surface area contributed by atoms with E-state index in [1.807, 2.05) is 37.3 Å². The van der Waals surface area contributed by atoms with Crippen molar-refractivity contribution < 1.29 is 9.53 Å². The lowest BCUT2D eigenvalue weighted by molar-refractivity contribution is 0.102. The zero-order valence-corrected chi connectivity index (χ0v) is 15.0. The van der Waals surface area contributed by atoms with Crippen LogP contribution in [-0.2, 0) is 0 Å². The van der Waals surface area contributed by atoms with Crippen LogP contribution in [0.5, 0.6) is 5.75 Å². The third-order valence-electron chi connectivity index (χ3n) is 3.67. The Hall–Kier alpha value is -3.12. The van der Waals surface area contributed by atoms with E-state index in [0.717, 1.165) is 11.3 Å². The molecule has 0 fully saturated rings. The highest BCUT2D eigenvalue weighted by molar-refractivity contribution is 6.31. The summed E-state index contributed by atoms with van der Waals surface area (Å²) in [5.41, 5.74) is 2.43. The number of rotatable bonds is 5. The number of aryl methyl sites for hydroxylation is 1. The van der Waals surface area contributed by atoms with Crippen molar-refractivity contribution in [2.75, 3.05) is 17.7 Å². The Bertz CT molecular complexity index is 915. The summed E-state index contributed by atoms with van der Waals surface area (Å²) in [7, 11) is 1.51. The van der Waals surface area contributed by atoms with Crippen LogP contribution in [0.4, 0.5) is 17.2 Å². The standard InChI is InChI=1S/C19H17ClN4O2/c1-12-10-16(17(26-2)11-14(12)20)22-19(25)15-8-9-18(24-23-15)21-13-6-4-3-5-7-13/h3-11H,1-2H3,(H,21,24)(H,22,25). The molecular weight excluding hydrogens is 352 g/mol. The third kappa shape index (κ3) is 4.10. The molecule has 7 heteroatoms. The second-order valence-electron chi connectivity index (χ2n) is 5.55. The van der Waals surface area contributed by atoms with Gasteiger partial charge in [0.1, 0.15) is 5.75 Å². The first-order chi connectivity index (χ1) is 12.6. The number of aromatic nitrogens is 2. The number of nitrogens with one attached hydrogen (secondary N) is 2. The van der Waals surface area contributed by atoms with Gasteiger partial charge in [0, 0.05) is 16.8 Å². The molecule has 1 aromatic heterocycles. The molecule has 2 aromatic carbocycles. The van der Waals surface area contributed by atoms with Crippen LogP contribution in [0.15, 0.2) is 54.6 Å². The number of amides is 1. The number of nitrogens with zero attached hydrogens (tertiary/aromatic N) is 2. The van der Waals surface area contributed by atoms with Crippen LogP contribution in [0, 0.1) is 6.92 Å². The predicted molar refractivity (Wildman–Crippen MR) is 102 cm³/mol. The van der Waals surface area contributed by atoms with E-state index in [0.29, 0.717) is 22.3 Å². The van der Waals surface area contributed by atoms with Crippen LogP contribution in [0.1, 0.15) is 16.1 Å². The molecule has 0 bridgehead atoms. The Balaban J connectivity index is 1.73. The van der Waals surface area contributed by atoms with Gasteiger partial charge in [-0.1, -0.05) is 29.8 Å². The van der Waals surface area contributed by atoms with Crippen molar-refractivity contribution in [2.45, 2.75) is 6.92 Å². The molecule has 0 atom stereocenters. The molecule has 0 aliphatic heterocycles. The number of para-hydroxylation sites is 1. The molecule has 0 aliphatic carbocycles. The number of carbonyl (C=O) groups excluding carboxylic acids is 1. The smallest absolute Gasteiger partial charge is 0.276 e. The minimum Gasteiger partial charge on any atom is -0.495 e. The summed E-state index contributed by atoms with van der Waals surface area (Å²) in [6.45, 7) is 1.85. The van der Waals surface area contributed by atoms with Crippen molar-refractivity contribution in [1.29, 1.82) is 0 Å².